The molecule has 4 N–H and O–H groups in total. The van der Waals surface area contributed by atoms with Crippen LogP contribution < -0.4 is 11.5 Å². The van der Waals surface area contributed by atoms with E-state index >= 15 is 0 Å². The minimum Gasteiger partial charge on any atom is -0.341 e. The molecule has 7 heteroatoms. The van der Waals surface area contributed by atoms with E-state index in [1.165, 1.54) is 128 Å². The predicted molar refractivity (Wildman–Crippen MR) is 168 cm³/mol. The summed E-state index contributed by atoms with van der Waals surface area (Å²) in [7, 11) is 0. The minimum absolute atomic E-state index is 0. The Labute approximate surface area is 244 Å². The zero-order valence-corrected chi connectivity index (χ0v) is 26.4. The molecule has 0 aliphatic rings. The number of nitrogens with two attached hydrogens (primary N) is 2. The molecule has 222 valence electrons. The Morgan fingerprint density at radius 1 is 0.528 bits per heavy atom. The molecule has 1 unspecified atom stereocenters. The first kappa shape index (κ1) is 43.3. The van der Waals surface area contributed by atoms with Crippen molar-refractivity contribution in [2.24, 2.45) is 11.5 Å². The summed E-state index contributed by atoms with van der Waals surface area (Å²) in [6.45, 7) is 6.49. The second-order valence-corrected chi connectivity index (χ2v) is 10.2. The van der Waals surface area contributed by atoms with Crippen LogP contribution >= 0.6 is 37.2 Å². The Balaban J connectivity index is -0.00000171. The number of carbonyl (C=O) groups is 1. The van der Waals surface area contributed by atoms with E-state index in [-0.39, 0.29) is 49.7 Å². The number of unbranched alkanes of at least 4 members (excludes halogenated alkanes) is 20. The van der Waals surface area contributed by atoms with E-state index in [9.17, 15) is 4.79 Å². The van der Waals surface area contributed by atoms with E-state index in [2.05, 4.69) is 13.8 Å². The maximum atomic E-state index is 12.6. The lowest BCUT2D eigenvalue weighted by Gasteiger charge is -2.25. The quantitative estimate of drug-likeness (QED) is 0.101. The molecule has 0 rings (SSSR count). The van der Waals surface area contributed by atoms with Crippen molar-refractivity contribution < 1.29 is 4.79 Å². The smallest absolute Gasteiger partial charge is 0.240 e. The van der Waals surface area contributed by atoms with Crippen LogP contribution in [0, 0.1) is 0 Å². The fourth-order valence-electron chi connectivity index (χ4n) is 4.60. The molecule has 1 amide bonds. The van der Waals surface area contributed by atoms with Gasteiger partial charge in [-0.1, -0.05) is 142 Å². The summed E-state index contributed by atoms with van der Waals surface area (Å²) in [6, 6.07) is -0.537. The summed E-state index contributed by atoms with van der Waals surface area (Å²) < 4.78 is 0. The first-order valence-corrected chi connectivity index (χ1v) is 14.9. The van der Waals surface area contributed by atoms with Crippen LogP contribution in [0.1, 0.15) is 155 Å². The molecule has 0 aliphatic heterocycles. The predicted octanol–water partition coefficient (Wildman–Crippen LogP) is 8.99. The van der Waals surface area contributed by atoms with Gasteiger partial charge in [-0.2, -0.15) is 0 Å². The standard InChI is InChI=1S/C29H61N3O.3ClH/c1-3-5-7-9-11-13-15-16-18-20-22-24-26-32(29(33)28(31)27-30)25-23-21-19-17-14-12-10-8-6-4-2;;;/h28H,3-27,30-31H2,1-2H3;3*1H. The minimum atomic E-state index is -0.537. The van der Waals surface area contributed by atoms with Crippen LogP contribution in [0.5, 0.6) is 0 Å². The van der Waals surface area contributed by atoms with Crippen LogP contribution in [0.3, 0.4) is 0 Å². The van der Waals surface area contributed by atoms with Crippen molar-refractivity contribution >= 4 is 43.1 Å². The van der Waals surface area contributed by atoms with Crippen LogP contribution in [0.25, 0.3) is 0 Å². The number of halogens is 3. The first-order chi connectivity index (χ1) is 16.2. The van der Waals surface area contributed by atoms with Crippen molar-refractivity contribution in [1.29, 1.82) is 0 Å². The maximum absolute atomic E-state index is 12.6. The molecule has 0 heterocycles. The van der Waals surface area contributed by atoms with Gasteiger partial charge in [-0.15, -0.1) is 37.2 Å². The van der Waals surface area contributed by atoms with Gasteiger partial charge in [0.25, 0.3) is 0 Å². The molecule has 0 radical (unpaired) electrons. The average Bonchev–Trinajstić information content (AvgIpc) is 2.83. The van der Waals surface area contributed by atoms with E-state index < -0.39 is 6.04 Å². The van der Waals surface area contributed by atoms with Crippen molar-refractivity contribution in [3.05, 3.63) is 0 Å². The van der Waals surface area contributed by atoms with Gasteiger partial charge in [-0.25, -0.2) is 0 Å². The summed E-state index contributed by atoms with van der Waals surface area (Å²) >= 11 is 0. The van der Waals surface area contributed by atoms with Gasteiger partial charge in [-0.3, -0.25) is 4.79 Å². The molecule has 0 aromatic heterocycles. The van der Waals surface area contributed by atoms with Crippen molar-refractivity contribution in [3.8, 4) is 0 Å². The second-order valence-electron chi connectivity index (χ2n) is 10.2. The van der Waals surface area contributed by atoms with Crippen LogP contribution in [0.15, 0.2) is 0 Å². The molecule has 0 spiro atoms. The lowest BCUT2D eigenvalue weighted by molar-refractivity contribution is -0.132. The molecule has 0 aromatic rings. The highest BCUT2D eigenvalue weighted by Gasteiger charge is 2.19. The van der Waals surface area contributed by atoms with Crippen LogP contribution in [-0.4, -0.2) is 36.5 Å². The number of carbonyl (C=O) groups excluding carboxylic acids is 1. The monoisotopic (exact) mass is 575 g/mol. The van der Waals surface area contributed by atoms with Gasteiger partial charge in [0.1, 0.15) is 0 Å². The first-order valence-electron chi connectivity index (χ1n) is 14.9. The van der Waals surface area contributed by atoms with Crippen molar-refractivity contribution in [1.82, 2.24) is 4.90 Å². The molecule has 0 bridgehead atoms. The average molecular weight is 577 g/mol. The molecule has 0 fully saturated rings. The molecule has 4 nitrogen and oxygen atoms in total. The molecule has 0 saturated heterocycles. The van der Waals surface area contributed by atoms with Crippen molar-refractivity contribution in [2.45, 2.75) is 161 Å². The number of nitrogens with zero attached hydrogens (tertiary/aromatic N) is 1. The largest absolute Gasteiger partial charge is 0.341 e. The Kier molecular flexibility index (Phi) is 42.4. The second kappa shape index (κ2) is 35.3. The van der Waals surface area contributed by atoms with Crippen molar-refractivity contribution in [3.63, 3.8) is 0 Å². The fourth-order valence-corrected chi connectivity index (χ4v) is 4.60. The van der Waals surface area contributed by atoms with Gasteiger partial charge in [0.15, 0.2) is 0 Å². The van der Waals surface area contributed by atoms with Crippen molar-refractivity contribution in [2.75, 3.05) is 19.6 Å². The van der Waals surface area contributed by atoms with Crippen LogP contribution in [-0.2, 0) is 4.79 Å². The van der Waals surface area contributed by atoms with Gasteiger partial charge in [-0.05, 0) is 12.8 Å². The molecule has 0 saturated carbocycles. The van der Waals surface area contributed by atoms with Gasteiger partial charge in [0, 0.05) is 19.6 Å². The van der Waals surface area contributed by atoms with Gasteiger partial charge in [0.05, 0.1) is 6.04 Å². The van der Waals surface area contributed by atoms with E-state index in [1.807, 2.05) is 4.90 Å². The number of rotatable bonds is 26. The highest BCUT2D eigenvalue weighted by molar-refractivity contribution is 5.86. The third kappa shape index (κ3) is 28.8. The Bertz CT molecular complexity index is 417. The molecule has 0 aromatic carbocycles. The normalized spacial score (nSPS) is 11.2. The van der Waals surface area contributed by atoms with Gasteiger partial charge < -0.3 is 16.4 Å². The van der Waals surface area contributed by atoms with E-state index in [4.69, 9.17) is 11.5 Å². The molecule has 0 aliphatic carbocycles. The third-order valence-corrected chi connectivity index (χ3v) is 6.95. The Hall–Kier alpha value is 0.260. The summed E-state index contributed by atoms with van der Waals surface area (Å²) in [5, 5.41) is 0. The zero-order chi connectivity index (χ0) is 24.4. The number of hydrogen-bond acceptors (Lipinski definition) is 3. The summed E-state index contributed by atoms with van der Waals surface area (Å²) in [6.07, 6.45) is 29.3. The van der Waals surface area contributed by atoms with E-state index in [1.54, 1.807) is 0 Å². The fraction of sp³-hybridized carbons (Fsp3) is 0.966. The Morgan fingerprint density at radius 3 is 1.03 bits per heavy atom. The maximum Gasteiger partial charge on any atom is 0.240 e. The highest BCUT2D eigenvalue weighted by Crippen LogP contribution is 2.14. The highest BCUT2D eigenvalue weighted by atomic mass is 35.5. The summed E-state index contributed by atoms with van der Waals surface area (Å²) in [4.78, 5) is 14.6. The topological polar surface area (TPSA) is 72.3 Å². The Morgan fingerprint density at radius 2 is 0.778 bits per heavy atom. The number of amides is 1. The SMILES string of the molecule is CCCCCCCCCCCCCCN(CCCCCCCCCCCC)C(=O)C(N)CN.Cl.Cl.Cl. The zero-order valence-electron chi connectivity index (χ0n) is 24.0. The third-order valence-electron chi connectivity index (χ3n) is 6.95. The van der Waals surface area contributed by atoms with Gasteiger partial charge >= 0.3 is 0 Å². The van der Waals surface area contributed by atoms with Gasteiger partial charge in [0.2, 0.25) is 5.91 Å². The molecule has 1 atom stereocenters. The summed E-state index contributed by atoms with van der Waals surface area (Å²) in [5.41, 5.74) is 11.6. The molecular formula is C29H64Cl3N3O. The van der Waals surface area contributed by atoms with Crippen LogP contribution in [0.4, 0.5) is 0 Å². The molecule has 36 heavy (non-hydrogen) atoms. The lowest BCUT2D eigenvalue weighted by Crippen LogP contribution is -2.48. The van der Waals surface area contributed by atoms with E-state index in [0.29, 0.717) is 0 Å². The van der Waals surface area contributed by atoms with E-state index in [0.717, 1.165) is 25.9 Å². The lowest BCUT2D eigenvalue weighted by atomic mass is 10.0. The van der Waals surface area contributed by atoms with Crippen LogP contribution in [0.2, 0.25) is 0 Å². The number of hydrogen-bond donors (Lipinski definition) is 2. The summed E-state index contributed by atoms with van der Waals surface area (Å²) in [5.74, 6) is 0.0523. The molecular weight excluding hydrogens is 513 g/mol.